The van der Waals surface area contributed by atoms with Gasteiger partial charge >= 0.3 is 0 Å². The molecule has 1 rings (SSSR count). The van der Waals surface area contributed by atoms with Gasteiger partial charge in [0.2, 0.25) is 0 Å². The van der Waals surface area contributed by atoms with Gasteiger partial charge in [0.25, 0.3) is 0 Å². The van der Waals surface area contributed by atoms with E-state index < -0.39 is 16.6 Å². The van der Waals surface area contributed by atoms with E-state index in [1.165, 1.54) is 24.9 Å². The van der Waals surface area contributed by atoms with Gasteiger partial charge in [0.1, 0.15) is 0 Å². The van der Waals surface area contributed by atoms with Crippen LogP contribution in [-0.2, 0) is 8.85 Å². The Morgan fingerprint density at radius 2 is 1.39 bits per heavy atom. The Labute approximate surface area is 116 Å². The molecule has 0 radical (unpaired) electrons. The quantitative estimate of drug-likeness (QED) is 0.663. The smallest absolute Gasteiger partial charge is 0.187 e. The van der Waals surface area contributed by atoms with Crippen LogP contribution in [0.15, 0.2) is 0 Å². The Kier molecular flexibility index (Phi) is 5.65. The highest BCUT2D eigenvalue weighted by molar-refractivity contribution is 6.71. The second kappa shape index (κ2) is 6.20. The molecule has 1 fully saturated rings. The van der Waals surface area contributed by atoms with Crippen molar-refractivity contribution in [3.63, 3.8) is 0 Å². The second-order valence-corrected chi connectivity index (χ2v) is 15.9. The molecule has 0 spiro atoms. The Hall–Kier alpha value is 0.354. The predicted octanol–water partition coefficient (Wildman–Crippen LogP) is 4.64. The number of hydrogen-bond donors (Lipinski definition) is 0. The lowest BCUT2D eigenvalue weighted by atomic mass is 10.1. The van der Waals surface area contributed by atoms with Crippen LogP contribution in [0.25, 0.3) is 0 Å². The molecule has 0 bridgehead atoms. The van der Waals surface area contributed by atoms with Crippen molar-refractivity contribution in [2.24, 2.45) is 5.92 Å². The molecular weight excluding hydrogens is 256 g/mol. The molecule has 0 aromatic heterocycles. The Balaban J connectivity index is 2.68. The summed E-state index contributed by atoms with van der Waals surface area (Å²) in [5.74, 6) is 0.662. The third-order valence-electron chi connectivity index (χ3n) is 4.46. The van der Waals surface area contributed by atoms with Crippen LogP contribution in [0.1, 0.15) is 33.6 Å². The van der Waals surface area contributed by atoms with Crippen molar-refractivity contribution in [3.05, 3.63) is 0 Å². The van der Waals surface area contributed by atoms with Gasteiger partial charge in [-0.25, -0.2) is 0 Å². The van der Waals surface area contributed by atoms with E-state index in [9.17, 15) is 0 Å². The fourth-order valence-corrected chi connectivity index (χ4v) is 4.91. The van der Waals surface area contributed by atoms with Crippen molar-refractivity contribution in [2.45, 2.75) is 84.1 Å². The van der Waals surface area contributed by atoms with Crippen molar-refractivity contribution in [2.75, 3.05) is 0 Å². The fraction of sp³-hybridized carbons (Fsp3) is 1.00. The summed E-state index contributed by atoms with van der Waals surface area (Å²) >= 11 is 0. The third kappa shape index (κ3) is 4.47. The first-order valence-electron chi connectivity index (χ1n) is 7.56. The zero-order chi connectivity index (χ0) is 14.0. The van der Waals surface area contributed by atoms with Crippen LogP contribution >= 0.6 is 0 Å². The average molecular weight is 289 g/mol. The summed E-state index contributed by atoms with van der Waals surface area (Å²) in [6.07, 6.45) is 3.17. The third-order valence-corrected chi connectivity index (χ3v) is 9.72. The molecule has 18 heavy (non-hydrogen) atoms. The summed E-state index contributed by atoms with van der Waals surface area (Å²) in [6.45, 7) is 16.2. The van der Waals surface area contributed by atoms with Gasteiger partial charge in [-0.15, -0.1) is 0 Å². The van der Waals surface area contributed by atoms with E-state index in [-0.39, 0.29) is 0 Å². The van der Waals surface area contributed by atoms with E-state index >= 15 is 0 Å². The first-order valence-corrected chi connectivity index (χ1v) is 13.8. The van der Waals surface area contributed by atoms with Crippen LogP contribution in [0.2, 0.25) is 38.3 Å². The molecule has 0 heterocycles. The Morgan fingerprint density at radius 3 is 1.89 bits per heavy atom. The molecule has 108 valence electrons. The maximum atomic E-state index is 6.50. The zero-order valence-electron chi connectivity index (χ0n) is 13.4. The van der Waals surface area contributed by atoms with E-state index in [1.807, 2.05) is 0 Å². The first kappa shape index (κ1) is 16.4. The lowest BCUT2D eigenvalue weighted by Gasteiger charge is -2.35. The Morgan fingerprint density at radius 1 is 0.889 bits per heavy atom. The molecule has 0 saturated heterocycles. The molecule has 1 aliphatic carbocycles. The first-order chi connectivity index (χ1) is 8.21. The summed E-state index contributed by atoms with van der Waals surface area (Å²) in [7, 11) is -2.94. The SMILES string of the molecule is CC[Si](C)(C)OC1CCC(C)C1O[Si](C)(C)CC. The van der Waals surface area contributed by atoms with Gasteiger partial charge in [0, 0.05) is 0 Å². The monoisotopic (exact) mass is 288 g/mol. The van der Waals surface area contributed by atoms with Gasteiger partial charge in [-0.1, -0.05) is 20.8 Å². The van der Waals surface area contributed by atoms with E-state index in [4.69, 9.17) is 8.85 Å². The molecule has 2 nitrogen and oxygen atoms in total. The largest absolute Gasteiger partial charge is 0.412 e. The van der Waals surface area contributed by atoms with Crippen LogP contribution in [-0.4, -0.2) is 28.8 Å². The van der Waals surface area contributed by atoms with Crippen LogP contribution in [0.3, 0.4) is 0 Å². The van der Waals surface area contributed by atoms with Crippen molar-refractivity contribution >= 4 is 16.6 Å². The normalized spacial score (nSPS) is 29.8. The molecule has 0 amide bonds. The summed E-state index contributed by atoms with van der Waals surface area (Å²) in [5, 5.41) is 0. The molecule has 0 aliphatic heterocycles. The molecule has 0 aromatic carbocycles. The van der Waals surface area contributed by atoms with Crippen LogP contribution in [0.4, 0.5) is 0 Å². The highest BCUT2D eigenvalue weighted by atomic mass is 28.4. The van der Waals surface area contributed by atoms with Crippen molar-refractivity contribution in [3.8, 4) is 0 Å². The van der Waals surface area contributed by atoms with Crippen LogP contribution < -0.4 is 0 Å². The van der Waals surface area contributed by atoms with E-state index in [0.717, 1.165) is 0 Å². The number of hydrogen-bond acceptors (Lipinski definition) is 2. The summed E-state index contributed by atoms with van der Waals surface area (Å²) in [5.41, 5.74) is 0. The molecule has 0 N–H and O–H groups in total. The molecule has 0 aromatic rings. The van der Waals surface area contributed by atoms with Crippen molar-refractivity contribution in [1.82, 2.24) is 0 Å². The standard InChI is InChI=1S/C14H32O2Si2/c1-8-17(4,5)15-13-11-10-12(3)14(13)16-18(6,7)9-2/h12-14H,8-11H2,1-7H3. The van der Waals surface area contributed by atoms with E-state index in [2.05, 4.69) is 47.0 Å². The fourth-order valence-electron chi connectivity index (χ4n) is 2.38. The summed E-state index contributed by atoms with van der Waals surface area (Å²) in [4.78, 5) is 0. The zero-order valence-corrected chi connectivity index (χ0v) is 15.4. The van der Waals surface area contributed by atoms with Crippen molar-refractivity contribution < 1.29 is 8.85 Å². The minimum atomic E-state index is -1.48. The minimum Gasteiger partial charge on any atom is -0.412 e. The minimum absolute atomic E-state index is 0.352. The molecule has 1 saturated carbocycles. The lowest BCUT2D eigenvalue weighted by Crippen LogP contribution is -2.45. The highest BCUT2D eigenvalue weighted by Crippen LogP contribution is 2.35. The van der Waals surface area contributed by atoms with Gasteiger partial charge in [0.15, 0.2) is 16.6 Å². The van der Waals surface area contributed by atoms with E-state index in [1.54, 1.807) is 0 Å². The summed E-state index contributed by atoms with van der Waals surface area (Å²) < 4.78 is 13.0. The Bertz CT molecular complexity index is 267. The maximum absolute atomic E-state index is 6.50. The molecule has 3 atom stereocenters. The molecule has 4 heteroatoms. The van der Waals surface area contributed by atoms with Gasteiger partial charge in [0.05, 0.1) is 12.2 Å². The van der Waals surface area contributed by atoms with Gasteiger partial charge in [-0.05, 0) is 57.0 Å². The summed E-state index contributed by atoms with van der Waals surface area (Å²) in [6, 6.07) is 2.39. The maximum Gasteiger partial charge on any atom is 0.187 e. The topological polar surface area (TPSA) is 18.5 Å². The van der Waals surface area contributed by atoms with Crippen molar-refractivity contribution in [1.29, 1.82) is 0 Å². The lowest BCUT2D eigenvalue weighted by molar-refractivity contribution is 0.0464. The number of rotatable bonds is 6. The highest BCUT2D eigenvalue weighted by Gasteiger charge is 2.41. The van der Waals surface area contributed by atoms with Crippen LogP contribution in [0, 0.1) is 5.92 Å². The molecule has 1 aliphatic rings. The van der Waals surface area contributed by atoms with Gasteiger partial charge in [-0.3, -0.25) is 0 Å². The van der Waals surface area contributed by atoms with E-state index in [0.29, 0.717) is 18.1 Å². The second-order valence-electron chi connectivity index (χ2n) is 7.02. The van der Waals surface area contributed by atoms with Gasteiger partial charge in [-0.2, -0.15) is 0 Å². The van der Waals surface area contributed by atoms with Gasteiger partial charge < -0.3 is 8.85 Å². The molecular formula is C14H32O2Si2. The van der Waals surface area contributed by atoms with Crippen LogP contribution in [0.5, 0.6) is 0 Å². The molecule has 3 unspecified atom stereocenters. The predicted molar refractivity (Wildman–Crippen MR) is 84.1 cm³/mol. The average Bonchev–Trinajstić information content (AvgIpc) is 2.61.